The van der Waals surface area contributed by atoms with Crippen molar-refractivity contribution in [1.29, 1.82) is 0 Å². The molecule has 4 nitrogen and oxygen atoms in total. The molecule has 3 aromatic rings. The first-order valence-electron chi connectivity index (χ1n) is 9.52. The van der Waals surface area contributed by atoms with Crippen LogP contribution in [-0.4, -0.2) is 24.9 Å². The van der Waals surface area contributed by atoms with Crippen molar-refractivity contribution in [2.24, 2.45) is 0 Å². The van der Waals surface area contributed by atoms with Crippen molar-refractivity contribution >= 4 is 29.1 Å². The van der Waals surface area contributed by atoms with Crippen LogP contribution in [0.3, 0.4) is 0 Å². The van der Waals surface area contributed by atoms with E-state index in [0.717, 1.165) is 11.3 Å². The molecule has 1 N–H and O–H groups in total. The summed E-state index contributed by atoms with van der Waals surface area (Å²) in [6.45, 7) is 2.95. The van der Waals surface area contributed by atoms with Gasteiger partial charge in [-0.25, -0.2) is 0 Å². The zero-order chi connectivity index (χ0) is 20.6. The lowest BCUT2D eigenvalue weighted by atomic mass is 10.1. The molecule has 0 unspecified atom stereocenters. The highest BCUT2D eigenvalue weighted by molar-refractivity contribution is 6.30. The zero-order valence-corrected chi connectivity index (χ0v) is 17.0. The smallest absolute Gasteiger partial charge is 0.258 e. The molecule has 0 saturated heterocycles. The topological polar surface area (TPSA) is 49.4 Å². The van der Waals surface area contributed by atoms with Gasteiger partial charge in [-0.2, -0.15) is 0 Å². The Morgan fingerprint density at radius 1 is 0.862 bits per heavy atom. The first kappa shape index (κ1) is 20.6. The minimum absolute atomic E-state index is 0.0993. The Labute approximate surface area is 176 Å². The van der Waals surface area contributed by atoms with E-state index >= 15 is 0 Å². The molecule has 3 aromatic carbocycles. The molecular formula is C24H23ClN2O2. The number of nitrogens with one attached hydrogen (secondary N) is 1. The number of hydrogen-bond acceptors (Lipinski definition) is 2. The summed E-state index contributed by atoms with van der Waals surface area (Å²) in [5.41, 5.74) is 3.13. The van der Waals surface area contributed by atoms with Gasteiger partial charge in [0.2, 0.25) is 0 Å². The third-order valence-corrected chi connectivity index (χ3v) is 4.81. The van der Waals surface area contributed by atoms with Crippen LogP contribution in [0.5, 0.6) is 0 Å². The largest absolute Gasteiger partial charge is 0.352 e. The van der Waals surface area contributed by atoms with Gasteiger partial charge in [0.15, 0.2) is 0 Å². The van der Waals surface area contributed by atoms with Crippen molar-refractivity contribution in [3.05, 3.63) is 101 Å². The Morgan fingerprint density at radius 3 is 2.14 bits per heavy atom. The van der Waals surface area contributed by atoms with Crippen LogP contribution in [0.25, 0.3) is 0 Å². The monoisotopic (exact) mass is 406 g/mol. The SMILES string of the molecule is Cc1ccc(C(=O)NCCCN(C(=O)c2ccc(Cl)cc2)c2ccccc2)cc1. The average Bonchev–Trinajstić information content (AvgIpc) is 2.75. The Bertz CT molecular complexity index is 954. The number of nitrogens with zero attached hydrogens (tertiary/aromatic N) is 1. The number of carbonyl (C=O) groups is 2. The van der Waals surface area contributed by atoms with Crippen LogP contribution in [0.4, 0.5) is 5.69 Å². The van der Waals surface area contributed by atoms with Crippen molar-refractivity contribution in [3.8, 4) is 0 Å². The van der Waals surface area contributed by atoms with Gasteiger partial charge in [0.05, 0.1) is 0 Å². The second-order valence-corrected chi connectivity index (χ2v) is 7.21. The van der Waals surface area contributed by atoms with Crippen LogP contribution in [0.2, 0.25) is 5.02 Å². The highest BCUT2D eigenvalue weighted by atomic mass is 35.5. The summed E-state index contributed by atoms with van der Waals surface area (Å²) in [7, 11) is 0. The number of amides is 2. The summed E-state index contributed by atoms with van der Waals surface area (Å²) in [5, 5.41) is 3.51. The van der Waals surface area contributed by atoms with Crippen LogP contribution in [0.1, 0.15) is 32.7 Å². The molecular weight excluding hydrogens is 384 g/mol. The fourth-order valence-electron chi connectivity index (χ4n) is 2.95. The number of aryl methyl sites for hydroxylation is 1. The molecule has 3 rings (SSSR count). The minimum Gasteiger partial charge on any atom is -0.352 e. The Balaban J connectivity index is 1.63. The number of halogens is 1. The van der Waals surface area contributed by atoms with E-state index in [9.17, 15) is 9.59 Å². The summed E-state index contributed by atoms with van der Waals surface area (Å²) < 4.78 is 0. The van der Waals surface area contributed by atoms with Gasteiger partial charge in [0.1, 0.15) is 0 Å². The molecule has 5 heteroatoms. The van der Waals surface area contributed by atoms with Gasteiger partial charge in [-0.05, 0) is 61.9 Å². The number of hydrogen-bond donors (Lipinski definition) is 1. The normalized spacial score (nSPS) is 10.4. The number of anilines is 1. The average molecular weight is 407 g/mol. The maximum atomic E-state index is 13.0. The summed E-state index contributed by atoms with van der Waals surface area (Å²) >= 11 is 5.94. The highest BCUT2D eigenvalue weighted by Crippen LogP contribution is 2.18. The number of rotatable bonds is 7. The van der Waals surface area contributed by atoms with E-state index in [1.807, 2.05) is 61.5 Å². The predicted octanol–water partition coefficient (Wildman–Crippen LogP) is 5.12. The first-order valence-corrected chi connectivity index (χ1v) is 9.90. The van der Waals surface area contributed by atoms with Crippen LogP contribution < -0.4 is 10.2 Å². The fourth-order valence-corrected chi connectivity index (χ4v) is 3.08. The Kier molecular flexibility index (Phi) is 7.04. The van der Waals surface area contributed by atoms with Crippen molar-refractivity contribution in [2.45, 2.75) is 13.3 Å². The number of benzene rings is 3. The van der Waals surface area contributed by atoms with E-state index in [1.165, 1.54) is 0 Å². The third kappa shape index (κ3) is 5.69. The van der Waals surface area contributed by atoms with E-state index in [4.69, 9.17) is 11.6 Å². The maximum Gasteiger partial charge on any atom is 0.258 e. The Morgan fingerprint density at radius 2 is 1.48 bits per heavy atom. The van der Waals surface area contributed by atoms with Crippen molar-refractivity contribution in [1.82, 2.24) is 5.32 Å². The van der Waals surface area contributed by atoms with Crippen LogP contribution in [0, 0.1) is 6.92 Å². The summed E-state index contributed by atoms with van der Waals surface area (Å²) in [5.74, 6) is -0.210. The molecule has 0 radical (unpaired) electrons. The lowest BCUT2D eigenvalue weighted by Gasteiger charge is -2.23. The number of para-hydroxylation sites is 1. The molecule has 0 saturated carbocycles. The second kappa shape index (κ2) is 9.89. The minimum atomic E-state index is -0.111. The van der Waals surface area contributed by atoms with E-state index in [-0.39, 0.29) is 11.8 Å². The standard InChI is InChI=1S/C24H23ClN2O2/c1-18-8-10-19(11-9-18)23(28)26-16-5-17-27(22-6-3-2-4-7-22)24(29)20-12-14-21(25)15-13-20/h2-4,6-15H,5,16-17H2,1H3,(H,26,28). The fraction of sp³-hybridized carbons (Fsp3) is 0.167. The molecule has 0 bridgehead atoms. The molecule has 148 valence electrons. The van der Waals surface area contributed by atoms with E-state index < -0.39 is 0 Å². The van der Waals surface area contributed by atoms with E-state index in [0.29, 0.717) is 35.7 Å². The molecule has 29 heavy (non-hydrogen) atoms. The van der Waals surface area contributed by atoms with Crippen molar-refractivity contribution in [3.63, 3.8) is 0 Å². The molecule has 0 aliphatic heterocycles. The molecule has 2 amide bonds. The van der Waals surface area contributed by atoms with Crippen molar-refractivity contribution < 1.29 is 9.59 Å². The van der Waals surface area contributed by atoms with Crippen LogP contribution in [-0.2, 0) is 0 Å². The Hall–Kier alpha value is -3.11. The molecule has 0 spiro atoms. The molecule has 0 aliphatic rings. The van der Waals surface area contributed by atoms with Gasteiger partial charge in [-0.1, -0.05) is 47.5 Å². The lowest BCUT2D eigenvalue weighted by molar-refractivity contribution is 0.0953. The third-order valence-electron chi connectivity index (χ3n) is 4.56. The predicted molar refractivity (Wildman–Crippen MR) is 118 cm³/mol. The van der Waals surface area contributed by atoms with Gasteiger partial charge >= 0.3 is 0 Å². The quantitative estimate of drug-likeness (QED) is 0.554. The van der Waals surface area contributed by atoms with E-state index in [1.54, 1.807) is 29.2 Å². The molecule has 0 fully saturated rings. The summed E-state index contributed by atoms with van der Waals surface area (Å²) in [6.07, 6.45) is 0.631. The summed E-state index contributed by atoms with van der Waals surface area (Å²) in [6, 6.07) is 23.8. The molecule has 0 aromatic heterocycles. The number of carbonyl (C=O) groups excluding carboxylic acids is 2. The van der Waals surface area contributed by atoms with Crippen LogP contribution >= 0.6 is 11.6 Å². The molecule has 0 aliphatic carbocycles. The van der Waals surface area contributed by atoms with Gasteiger partial charge in [0.25, 0.3) is 11.8 Å². The van der Waals surface area contributed by atoms with Gasteiger partial charge < -0.3 is 10.2 Å². The molecule has 0 heterocycles. The van der Waals surface area contributed by atoms with E-state index in [2.05, 4.69) is 5.32 Å². The van der Waals surface area contributed by atoms with Crippen LogP contribution in [0.15, 0.2) is 78.9 Å². The first-order chi connectivity index (χ1) is 14.0. The second-order valence-electron chi connectivity index (χ2n) is 6.77. The van der Waals surface area contributed by atoms with Gasteiger partial charge in [0, 0.05) is 34.9 Å². The lowest BCUT2D eigenvalue weighted by Crippen LogP contribution is -2.34. The zero-order valence-electron chi connectivity index (χ0n) is 16.3. The van der Waals surface area contributed by atoms with Gasteiger partial charge in [-0.3, -0.25) is 9.59 Å². The highest BCUT2D eigenvalue weighted by Gasteiger charge is 2.17. The van der Waals surface area contributed by atoms with Gasteiger partial charge in [-0.15, -0.1) is 0 Å². The summed E-state index contributed by atoms with van der Waals surface area (Å²) in [4.78, 5) is 27.0. The maximum absolute atomic E-state index is 13.0. The van der Waals surface area contributed by atoms with Crippen molar-refractivity contribution in [2.75, 3.05) is 18.0 Å². The molecule has 0 atom stereocenters.